The van der Waals surface area contributed by atoms with E-state index in [0.717, 1.165) is 11.6 Å². The summed E-state index contributed by atoms with van der Waals surface area (Å²) in [7, 11) is -4.04. The minimum Gasteiger partial charge on any atom is -0.324 e. The summed E-state index contributed by atoms with van der Waals surface area (Å²) in [6, 6.07) is 8.77. The lowest BCUT2D eigenvalue weighted by atomic mass is 10.1. The molecule has 0 fully saturated rings. The van der Waals surface area contributed by atoms with Gasteiger partial charge in [-0.2, -0.15) is 8.42 Å². The van der Waals surface area contributed by atoms with Crippen LogP contribution in [0.5, 0.6) is 0 Å². The van der Waals surface area contributed by atoms with Gasteiger partial charge in [-0.15, -0.1) is 0 Å². The van der Waals surface area contributed by atoms with E-state index >= 15 is 0 Å². The van der Waals surface area contributed by atoms with Gasteiger partial charge in [-0.3, -0.25) is 4.72 Å². The molecule has 2 rings (SSSR count). The van der Waals surface area contributed by atoms with Gasteiger partial charge in [-0.25, -0.2) is 9.37 Å². The Morgan fingerprint density at radius 3 is 2.45 bits per heavy atom. The first-order chi connectivity index (χ1) is 9.40. The van der Waals surface area contributed by atoms with Crippen LogP contribution in [0.1, 0.15) is 18.5 Å². The minimum atomic E-state index is -4.04. The molecule has 1 heterocycles. The molecule has 0 spiro atoms. The number of hydrogen-bond donors (Lipinski definition) is 2. The van der Waals surface area contributed by atoms with E-state index in [2.05, 4.69) is 9.71 Å². The average Bonchev–Trinajstić information content (AvgIpc) is 2.39. The Morgan fingerprint density at radius 2 is 1.90 bits per heavy atom. The number of nitrogens with zero attached hydrogens (tertiary/aromatic N) is 1. The Balaban J connectivity index is 2.27. The third-order valence-corrected chi connectivity index (χ3v) is 3.98. The number of benzene rings is 1. The number of pyridine rings is 1. The molecule has 0 bridgehead atoms. The van der Waals surface area contributed by atoms with E-state index in [0.29, 0.717) is 5.69 Å². The van der Waals surface area contributed by atoms with Crippen molar-refractivity contribution in [1.29, 1.82) is 0 Å². The van der Waals surface area contributed by atoms with Crippen LogP contribution in [0.3, 0.4) is 0 Å². The predicted octanol–water partition coefficient (Wildman–Crippen LogP) is 2.04. The highest BCUT2D eigenvalue weighted by molar-refractivity contribution is 7.92. The molecule has 0 aliphatic rings. The molecule has 0 saturated heterocycles. The van der Waals surface area contributed by atoms with E-state index in [-0.39, 0.29) is 6.04 Å². The van der Waals surface area contributed by atoms with Crippen molar-refractivity contribution >= 4 is 15.7 Å². The van der Waals surface area contributed by atoms with Gasteiger partial charge in [0.05, 0.1) is 0 Å². The van der Waals surface area contributed by atoms with Gasteiger partial charge in [0.1, 0.15) is 0 Å². The quantitative estimate of drug-likeness (QED) is 0.904. The number of hydrogen-bond acceptors (Lipinski definition) is 4. The summed E-state index contributed by atoms with van der Waals surface area (Å²) >= 11 is 0. The van der Waals surface area contributed by atoms with E-state index in [1.165, 1.54) is 12.3 Å². The van der Waals surface area contributed by atoms with Crippen LogP contribution in [0.25, 0.3) is 0 Å². The third kappa shape index (κ3) is 3.12. The molecule has 0 saturated carbocycles. The van der Waals surface area contributed by atoms with E-state index in [9.17, 15) is 12.8 Å². The first kappa shape index (κ1) is 14.4. The second-order valence-electron chi connectivity index (χ2n) is 4.31. The molecule has 1 unspecified atom stereocenters. The number of sulfonamides is 1. The van der Waals surface area contributed by atoms with Crippen LogP contribution < -0.4 is 10.5 Å². The van der Waals surface area contributed by atoms with Crippen LogP contribution in [0, 0.1) is 5.82 Å². The highest BCUT2D eigenvalue weighted by atomic mass is 32.2. The Kier molecular flexibility index (Phi) is 4.01. The lowest BCUT2D eigenvalue weighted by Gasteiger charge is -2.10. The normalized spacial score (nSPS) is 12.9. The monoisotopic (exact) mass is 295 g/mol. The van der Waals surface area contributed by atoms with E-state index in [1.54, 1.807) is 24.3 Å². The molecular formula is C13H14FN3O2S. The Bertz CT molecular complexity index is 700. The van der Waals surface area contributed by atoms with Gasteiger partial charge in [0.25, 0.3) is 10.0 Å². The van der Waals surface area contributed by atoms with E-state index in [4.69, 9.17) is 5.73 Å². The molecule has 0 aliphatic heterocycles. The molecule has 7 heteroatoms. The van der Waals surface area contributed by atoms with Crippen LogP contribution >= 0.6 is 0 Å². The third-order valence-electron chi connectivity index (χ3n) is 2.67. The summed E-state index contributed by atoms with van der Waals surface area (Å²) < 4.78 is 39.7. The largest absolute Gasteiger partial charge is 0.324 e. The molecule has 3 N–H and O–H groups in total. The van der Waals surface area contributed by atoms with Gasteiger partial charge >= 0.3 is 0 Å². The van der Waals surface area contributed by atoms with Crippen molar-refractivity contribution in [2.45, 2.75) is 18.0 Å². The van der Waals surface area contributed by atoms with Crippen molar-refractivity contribution < 1.29 is 12.8 Å². The maximum Gasteiger partial charge on any atom is 0.282 e. The van der Waals surface area contributed by atoms with Crippen LogP contribution in [0.2, 0.25) is 0 Å². The lowest BCUT2D eigenvalue weighted by molar-refractivity contribution is 0.557. The van der Waals surface area contributed by atoms with Gasteiger partial charge in [0.2, 0.25) is 5.03 Å². The molecule has 1 aromatic heterocycles. The van der Waals surface area contributed by atoms with Crippen molar-refractivity contribution in [3.63, 3.8) is 0 Å². The second-order valence-corrected chi connectivity index (χ2v) is 5.90. The summed E-state index contributed by atoms with van der Waals surface area (Å²) in [5.74, 6) is -0.896. The van der Waals surface area contributed by atoms with Crippen molar-refractivity contribution in [2.24, 2.45) is 5.73 Å². The summed E-state index contributed by atoms with van der Waals surface area (Å²) in [4.78, 5) is 3.55. The van der Waals surface area contributed by atoms with Gasteiger partial charge in [-0.1, -0.05) is 12.1 Å². The number of rotatable bonds is 4. The molecule has 0 radical (unpaired) electrons. The van der Waals surface area contributed by atoms with Gasteiger partial charge in [-0.05, 0) is 36.8 Å². The fourth-order valence-corrected chi connectivity index (χ4v) is 2.69. The Morgan fingerprint density at radius 1 is 1.25 bits per heavy atom. The van der Waals surface area contributed by atoms with Crippen molar-refractivity contribution in [3.05, 3.63) is 54.0 Å². The summed E-state index contributed by atoms with van der Waals surface area (Å²) in [6.45, 7) is 1.82. The number of nitrogens with one attached hydrogen (secondary N) is 1. The van der Waals surface area contributed by atoms with Gasteiger partial charge < -0.3 is 5.73 Å². The molecule has 0 amide bonds. The van der Waals surface area contributed by atoms with Crippen LogP contribution in [-0.4, -0.2) is 13.4 Å². The van der Waals surface area contributed by atoms with Crippen LogP contribution in [0.15, 0.2) is 47.6 Å². The minimum absolute atomic E-state index is 0.145. The summed E-state index contributed by atoms with van der Waals surface area (Å²) in [6.07, 6.45) is 1.22. The number of aromatic nitrogens is 1. The van der Waals surface area contributed by atoms with Gasteiger partial charge in [0, 0.05) is 17.9 Å². The molecule has 1 aromatic carbocycles. The molecular weight excluding hydrogens is 281 g/mol. The fourth-order valence-electron chi connectivity index (χ4n) is 1.63. The molecule has 1 atom stereocenters. The van der Waals surface area contributed by atoms with E-state index in [1.807, 2.05) is 6.92 Å². The smallest absolute Gasteiger partial charge is 0.282 e. The lowest BCUT2D eigenvalue weighted by Crippen LogP contribution is -2.16. The highest BCUT2D eigenvalue weighted by Crippen LogP contribution is 2.18. The number of nitrogens with two attached hydrogens (primary N) is 1. The molecule has 0 aliphatic carbocycles. The molecule has 2 aromatic rings. The zero-order chi connectivity index (χ0) is 14.8. The number of anilines is 1. The average molecular weight is 295 g/mol. The van der Waals surface area contributed by atoms with Crippen molar-refractivity contribution in [1.82, 2.24) is 4.98 Å². The number of halogens is 1. The van der Waals surface area contributed by atoms with Crippen LogP contribution in [0.4, 0.5) is 10.1 Å². The maximum absolute atomic E-state index is 13.5. The zero-order valence-electron chi connectivity index (χ0n) is 10.7. The maximum atomic E-state index is 13.5. The fraction of sp³-hybridized carbons (Fsp3) is 0.154. The van der Waals surface area contributed by atoms with Crippen molar-refractivity contribution in [3.8, 4) is 0 Å². The first-order valence-corrected chi connectivity index (χ1v) is 7.37. The topological polar surface area (TPSA) is 85.1 Å². The highest BCUT2D eigenvalue weighted by Gasteiger charge is 2.20. The van der Waals surface area contributed by atoms with E-state index < -0.39 is 20.9 Å². The SMILES string of the molecule is CC(N)c1ccc(NS(=O)(=O)c2ncccc2F)cc1. The molecule has 5 nitrogen and oxygen atoms in total. The molecule has 106 valence electrons. The second kappa shape index (κ2) is 5.56. The standard InChI is InChI=1S/C13H14FN3O2S/c1-9(15)10-4-6-11(7-5-10)17-20(18,19)13-12(14)3-2-8-16-13/h2-9,17H,15H2,1H3. The Labute approximate surface area is 116 Å². The summed E-state index contributed by atoms with van der Waals surface area (Å²) in [5.41, 5.74) is 6.89. The van der Waals surface area contributed by atoms with Crippen molar-refractivity contribution in [2.75, 3.05) is 4.72 Å². The Hall–Kier alpha value is -1.99. The predicted molar refractivity (Wildman–Crippen MR) is 74.0 cm³/mol. The summed E-state index contributed by atoms with van der Waals surface area (Å²) in [5, 5.41) is -0.628. The van der Waals surface area contributed by atoms with Crippen LogP contribution in [-0.2, 0) is 10.0 Å². The van der Waals surface area contributed by atoms with Gasteiger partial charge in [0.15, 0.2) is 5.82 Å². The first-order valence-electron chi connectivity index (χ1n) is 5.89. The zero-order valence-corrected chi connectivity index (χ0v) is 11.6. The molecule has 20 heavy (non-hydrogen) atoms.